The Labute approximate surface area is 92.1 Å². The van der Waals surface area contributed by atoms with Crippen molar-refractivity contribution in [1.29, 1.82) is 0 Å². The second-order valence-electron chi connectivity index (χ2n) is 3.70. The van der Waals surface area contributed by atoms with Gasteiger partial charge in [0.05, 0.1) is 7.11 Å². The van der Waals surface area contributed by atoms with E-state index in [-0.39, 0.29) is 0 Å². The number of methoxy groups -OCH3 is 1. The van der Waals surface area contributed by atoms with E-state index in [9.17, 15) is 0 Å². The van der Waals surface area contributed by atoms with E-state index in [1.807, 2.05) is 19.1 Å². The van der Waals surface area contributed by atoms with Gasteiger partial charge in [-0.1, -0.05) is 29.9 Å². The summed E-state index contributed by atoms with van der Waals surface area (Å²) >= 11 is 0. The molecule has 0 saturated heterocycles. The highest BCUT2D eigenvalue weighted by atomic mass is 16.5. The lowest BCUT2D eigenvalue weighted by Crippen LogP contribution is -1.86. The van der Waals surface area contributed by atoms with Crippen LogP contribution in [0, 0.1) is 0 Å². The molecule has 1 aromatic carbocycles. The summed E-state index contributed by atoms with van der Waals surface area (Å²) in [6.45, 7) is 6.25. The molecule has 0 saturated carbocycles. The molecule has 1 nitrogen and oxygen atoms in total. The highest BCUT2D eigenvalue weighted by molar-refractivity contribution is 5.74. The highest BCUT2D eigenvalue weighted by Crippen LogP contribution is 2.21. The van der Waals surface area contributed by atoms with E-state index in [0.717, 1.165) is 5.75 Å². The van der Waals surface area contributed by atoms with Crippen molar-refractivity contribution in [3.63, 3.8) is 0 Å². The van der Waals surface area contributed by atoms with Crippen molar-refractivity contribution in [2.45, 2.75) is 20.8 Å². The Balaban J connectivity index is 3.08. The minimum atomic E-state index is 0.897. The van der Waals surface area contributed by atoms with Gasteiger partial charge in [-0.2, -0.15) is 0 Å². The van der Waals surface area contributed by atoms with Crippen molar-refractivity contribution in [2.75, 3.05) is 7.11 Å². The van der Waals surface area contributed by atoms with Crippen LogP contribution in [0.5, 0.6) is 5.75 Å². The van der Waals surface area contributed by atoms with Crippen molar-refractivity contribution in [1.82, 2.24) is 0 Å². The van der Waals surface area contributed by atoms with Gasteiger partial charge in [0.25, 0.3) is 0 Å². The average molecular weight is 202 g/mol. The first kappa shape index (κ1) is 11.6. The molecule has 0 aromatic heterocycles. The Hall–Kier alpha value is -1.50. The topological polar surface area (TPSA) is 9.23 Å². The Morgan fingerprint density at radius 2 is 2.00 bits per heavy atom. The molecule has 0 aliphatic rings. The summed E-state index contributed by atoms with van der Waals surface area (Å²) in [6, 6.07) is 8.11. The van der Waals surface area contributed by atoms with Gasteiger partial charge in [-0.05, 0) is 44.0 Å². The van der Waals surface area contributed by atoms with Gasteiger partial charge in [-0.3, -0.25) is 0 Å². The van der Waals surface area contributed by atoms with Gasteiger partial charge in [0.1, 0.15) is 5.75 Å². The third kappa shape index (κ3) is 3.28. The lowest BCUT2D eigenvalue weighted by molar-refractivity contribution is 0.414. The van der Waals surface area contributed by atoms with Crippen LogP contribution in [0.3, 0.4) is 0 Å². The monoisotopic (exact) mass is 202 g/mol. The molecule has 0 fully saturated rings. The zero-order chi connectivity index (χ0) is 11.3. The van der Waals surface area contributed by atoms with Crippen molar-refractivity contribution in [2.24, 2.45) is 0 Å². The van der Waals surface area contributed by atoms with Crippen LogP contribution >= 0.6 is 0 Å². The summed E-state index contributed by atoms with van der Waals surface area (Å²) in [4.78, 5) is 0. The van der Waals surface area contributed by atoms with E-state index in [1.54, 1.807) is 7.11 Å². The molecule has 0 bridgehead atoms. The first-order valence-corrected chi connectivity index (χ1v) is 5.13. The first-order chi connectivity index (χ1) is 7.17. The third-order valence-electron chi connectivity index (χ3n) is 2.16. The van der Waals surface area contributed by atoms with Gasteiger partial charge in [-0.15, -0.1) is 0 Å². The van der Waals surface area contributed by atoms with Crippen LogP contribution in [0.2, 0.25) is 0 Å². The van der Waals surface area contributed by atoms with Crippen molar-refractivity contribution in [3.05, 3.63) is 47.6 Å². The molecule has 0 amide bonds. The Morgan fingerprint density at radius 1 is 1.27 bits per heavy atom. The molecule has 1 rings (SSSR count). The summed E-state index contributed by atoms with van der Waals surface area (Å²) in [7, 11) is 1.69. The van der Waals surface area contributed by atoms with Gasteiger partial charge in [0.15, 0.2) is 0 Å². The number of hydrogen-bond acceptors (Lipinski definition) is 1. The van der Waals surface area contributed by atoms with E-state index >= 15 is 0 Å². The largest absolute Gasteiger partial charge is 0.497 e. The van der Waals surface area contributed by atoms with Crippen LogP contribution in [-0.4, -0.2) is 7.11 Å². The highest BCUT2D eigenvalue weighted by Gasteiger charge is 1.99. The Morgan fingerprint density at radius 3 is 2.53 bits per heavy atom. The zero-order valence-corrected chi connectivity index (χ0v) is 9.87. The maximum absolute atomic E-state index is 5.21. The van der Waals surface area contributed by atoms with Gasteiger partial charge in [0.2, 0.25) is 0 Å². The number of allylic oxidation sites excluding steroid dienone is 4. The summed E-state index contributed by atoms with van der Waals surface area (Å²) < 4.78 is 5.21. The molecule has 0 unspecified atom stereocenters. The van der Waals surface area contributed by atoms with E-state index in [4.69, 9.17) is 4.74 Å². The van der Waals surface area contributed by atoms with Crippen LogP contribution < -0.4 is 4.74 Å². The molecule has 1 heteroatoms. The summed E-state index contributed by atoms with van der Waals surface area (Å²) in [5.74, 6) is 0.897. The van der Waals surface area contributed by atoms with Gasteiger partial charge >= 0.3 is 0 Å². The van der Waals surface area contributed by atoms with Crippen LogP contribution in [-0.2, 0) is 0 Å². The molecular weight excluding hydrogens is 184 g/mol. The maximum atomic E-state index is 5.21. The molecule has 0 heterocycles. The molecule has 0 aliphatic heterocycles. The molecule has 0 N–H and O–H groups in total. The third-order valence-corrected chi connectivity index (χ3v) is 2.16. The maximum Gasteiger partial charge on any atom is 0.119 e. The van der Waals surface area contributed by atoms with Crippen LogP contribution in [0.25, 0.3) is 5.57 Å². The number of rotatable bonds is 3. The fraction of sp³-hybridized carbons (Fsp3) is 0.286. The van der Waals surface area contributed by atoms with E-state index in [0.29, 0.717) is 0 Å². The average Bonchev–Trinajstić information content (AvgIpc) is 2.25. The van der Waals surface area contributed by atoms with E-state index < -0.39 is 0 Å². The van der Waals surface area contributed by atoms with Gasteiger partial charge < -0.3 is 4.74 Å². The second kappa shape index (κ2) is 5.40. The molecule has 0 spiro atoms. The quantitative estimate of drug-likeness (QED) is 0.671. The SMILES string of the molecule is C/C=C(\C=C(C)C)c1cccc(OC)c1. The van der Waals surface area contributed by atoms with Gasteiger partial charge in [0, 0.05) is 0 Å². The molecule has 0 radical (unpaired) electrons. The molecule has 0 aliphatic carbocycles. The number of hydrogen-bond donors (Lipinski definition) is 0. The fourth-order valence-electron chi connectivity index (χ4n) is 1.45. The normalized spacial score (nSPS) is 11.1. The van der Waals surface area contributed by atoms with Crippen LogP contribution in [0.15, 0.2) is 42.0 Å². The van der Waals surface area contributed by atoms with Crippen LogP contribution in [0.4, 0.5) is 0 Å². The smallest absolute Gasteiger partial charge is 0.119 e. The fourth-order valence-corrected chi connectivity index (χ4v) is 1.45. The first-order valence-electron chi connectivity index (χ1n) is 5.13. The minimum absolute atomic E-state index is 0.897. The minimum Gasteiger partial charge on any atom is -0.497 e. The Bertz CT molecular complexity index is 382. The summed E-state index contributed by atoms with van der Waals surface area (Å²) in [6.07, 6.45) is 4.29. The summed E-state index contributed by atoms with van der Waals surface area (Å²) in [5.41, 5.74) is 3.72. The van der Waals surface area contributed by atoms with Gasteiger partial charge in [-0.25, -0.2) is 0 Å². The summed E-state index contributed by atoms with van der Waals surface area (Å²) in [5, 5.41) is 0. The zero-order valence-electron chi connectivity index (χ0n) is 9.87. The molecule has 15 heavy (non-hydrogen) atoms. The Kier molecular flexibility index (Phi) is 4.17. The molecule has 80 valence electrons. The van der Waals surface area contributed by atoms with E-state index in [2.05, 4.69) is 38.1 Å². The lowest BCUT2D eigenvalue weighted by atomic mass is 10.0. The predicted octanol–water partition coefficient (Wildman–Crippen LogP) is 4.06. The number of benzene rings is 1. The second-order valence-corrected chi connectivity index (χ2v) is 3.70. The van der Waals surface area contributed by atoms with Crippen molar-refractivity contribution in [3.8, 4) is 5.75 Å². The van der Waals surface area contributed by atoms with E-state index in [1.165, 1.54) is 16.7 Å². The molecular formula is C14H18O. The lowest BCUT2D eigenvalue weighted by Gasteiger charge is -2.05. The van der Waals surface area contributed by atoms with Crippen molar-refractivity contribution >= 4 is 5.57 Å². The predicted molar refractivity (Wildman–Crippen MR) is 66.1 cm³/mol. The standard InChI is InChI=1S/C14H18O/c1-5-12(9-11(2)3)13-7-6-8-14(10-13)15-4/h5-10H,1-4H3/b12-5+. The van der Waals surface area contributed by atoms with Crippen molar-refractivity contribution < 1.29 is 4.74 Å². The van der Waals surface area contributed by atoms with Crippen LogP contribution in [0.1, 0.15) is 26.3 Å². The molecule has 1 aromatic rings. The number of ether oxygens (including phenoxy) is 1. The molecule has 0 atom stereocenters.